The molecule has 10 heteroatoms. The van der Waals surface area contributed by atoms with E-state index in [1.54, 1.807) is 37.3 Å². The van der Waals surface area contributed by atoms with E-state index < -0.39 is 5.25 Å². The third-order valence-corrected chi connectivity index (χ3v) is 5.22. The van der Waals surface area contributed by atoms with Gasteiger partial charge in [0.05, 0.1) is 22.3 Å². The van der Waals surface area contributed by atoms with Crippen molar-refractivity contribution in [3.63, 3.8) is 0 Å². The van der Waals surface area contributed by atoms with Gasteiger partial charge in [0.2, 0.25) is 17.0 Å². The monoisotopic (exact) mass is 396 g/mol. The summed E-state index contributed by atoms with van der Waals surface area (Å²) in [7, 11) is 0. The van der Waals surface area contributed by atoms with E-state index in [2.05, 4.69) is 20.8 Å². The van der Waals surface area contributed by atoms with Crippen LogP contribution in [0.4, 0.5) is 11.4 Å². The van der Waals surface area contributed by atoms with Crippen molar-refractivity contribution in [3.05, 3.63) is 48.5 Å². The van der Waals surface area contributed by atoms with Gasteiger partial charge < -0.3 is 10.4 Å². The van der Waals surface area contributed by atoms with Crippen molar-refractivity contribution in [1.29, 1.82) is 0 Å². The quantitative estimate of drug-likeness (QED) is 0.647. The fraction of sp³-hybridized carbons (Fsp3) is 0.167. The summed E-state index contributed by atoms with van der Waals surface area (Å²) in [5.74, 6) is -0.317. The molecule has 2 N–H and O–H groups in total. The van der Waals surface area contributed by atoms with Gasteiger partial charge in [-0.25, -0.2) is 0 Å². The molecule has 4 rings (SSSR count). The second kappa shape index (κ2) is 7.31. The van der Waals surface area contributed by atoms with Crippen LogP contribution in [0.5, 0.6) is 5.75 Å². The predicted molar refractivity (Wildman–Crippen MR) is 104 cm³/mol. The third kappa shape index (κ3) is 3.41. The number of nitrogens with one attached hydrogen (secondary N) is 1. The highest BCUT2D eigenvalue weighted by Gasteiger charge is 2.31. The zero-order chi connectivity index (χ0) is 19.7. The Morgan fingerprint density at radius 1 is 1.21 bits per heavy atom. The van der Waals surface area contributed by atoms with Crippen LogP contribution in [0.2, 0.25) is 0 Å². The second-order valence-electron chi connectivity index (χ2n) is 6.14. The Labute approximate surface area is 164 Å². The van der Waals surface area contributed by atoms with Crippen molar-refractivity contribution in [3.8, 4) is 11.4 Å². The van der Waals surface area contributed by atoms with Crippen LogP contribution in [-0.2, 0) is 9.59 Å². The Morgan fingerprint density at radius 2 is 1.96 bits per heavy atom. The zero-order valence-electron chi connectivity index (χ0n) is 14.8. The molecule has 1 aliphatic heterocycles. The number of hydrogen-bond donors (Lipinski definition) is 2. The maximum Gasteiger partial charge on any atom is 0.244 e. The number of rotatable bonds is 4. The van der Waals surface area contributed by atoms with Crippen LogP contribution in [0.25, 0.3) is 5.69 Å². The highest BCUT2D eigenvalue weighted by Crippen LogP contribution is 2.32. The van der Waals surface area contributed by atoms with Crippen molar-refractivity contribution in [2.24, 2.45) is 0 Å². The number of carbonyl (C=O) groups excluding carboxylic acids is 2. The van der Waals surface area contributed by atoms with Gasteiger partial charge in [0.25, 0.3) is 0 Å². The number of hydrogen-bond acceptors (Lipinski definition) is 7. The van der Waals surface area contributed by atoms with Crippen LogP contribution >= 0.6 is 11.8 Å². The average Bonchev–Trinajstić information content (AvgIpc) is 3.15. The summed E-state index contributed by atoms with van der Waals surface area (Å²) in [5, 5.41) is 23.7. The number of thioether (sulfide) groups is 1. The van der Waals surface area contributed by atoms with Gasteiger partial charge in [-0.3, -0.25) is 14.5 Å². The van der Waals surface area contributed by atoms with Gasteiger partial charge in [-0.1, -0.05) is 23.9 Å². The number of fused-ring (bicyclic) bond motifs is 1. The summed E-state index contributed by atoms with van der Waals surface area (Å²) in [5.41, 5.74) is 1.93. The maximum atomic E-state index is 13.0. The number of phenols is 1. The normalized spacial score (nSPS) is 14.3. The highest BCUT2D eigenvalue weighted by atomic mass is 32.2. The minimum absolute atomic E-state index is 0.0380. The van der Waals surface area contributed by atoms with Crippen LogP contribution < -0.4 is 10.2 Å². The molecule has 3 aromatic rings. The van der Waals surface area contributed by atoms with Gasteiger partial charge in [0.1, 0.15) is 12.3 Å². The molecule has 0 bridgehead atoms. The Bertz CT molecular complexity index is 1040. The minimum atomic E-state index is -0.527. The topological polar surface area (TPSA) is 113 Å². The molecule has 0 fully saturated rings. The summed E-state index contributed by atoms with van der Waals surface area (Å²) < 4.78 is 1.49. The largest absolute Gasteiger partial charge is 0.508 e. The summed E-state index contributed by atoms with van der Waals surface area (Å²) in [6.45, 7) is 1.71. The number of aromatic hydroxyl groups is 1. The van der Waals surface area contributed by atoms with E-state index in [1.807, 2.05) is 6.07 Å². The van der Waals surface area contributed by atoms with E-state index in [0.29, 0.717) is 22.2 Å². The van der Waals surface area contributed by atoms with Gasteiger partial charge in [-0.05, 0) is 53.7 Å². The average molecular weight is 396 g/mol. The Kier molecular flexibility index (Phi) is 4.70. The smallest absolute Gasteiger partial charge is 0.244 e. The molecular formula is C18H16N6O3S. The molecule has 2 aromatic carbocycles. The lowest BCUT2D eigenvalue weighted by Crippen LogP contribution is -2.45. The van der Waals surface area contributed by atoms with Gasteiger partial charge in [0.15, 0.2) is 0 Å². The first-order chi connectivity index (χ1) is 13.5. The number of benzene rings is 2. The first-order valence-electron chi connectivity index (χ1n) is 8.47. The van der Waals surface area contributed by atoms with Crippen molar-refractivity contribution >= 4 is 35.0 Å². The second-order valence-corrected chi connectivity index (χ2v) is 7.45. The molecule has 142 valence electrons. The Morgan fingerprint density at radius 3 is 2.75 bits per heavy atom. The van der Waals surface area contributed by atoms with Crippen LogP contribution in [0.1, 0.15) is 6.92 Å². The maximum absolute atomic E-state index is 13.0. The van der Waals surface area contributed by atoms with Crippen LogP contribution in [-0.4, -0.2) is 48.9 Å². The molecule has 2 amide bonds. The Balaban J connectivity index is 1.56. The molecule has 1 aromatic heterocycles. The van der Waals surface area contributed by atoms with Gasteiger partial charge in [0, 0.05) is 0 Å². The zero-order valence-corrected chi connectivity index (χ0v) is 15.6. The van der Waals surface area contributed by atoms with E-state index in [0.717, 1.165) is 0 Å². The number of tetrazole rings is 1. The van der Waals surface area contributed by atoms with E-state index >= 15 is 0 Å². The standard InChI is InChI=1S/C18H16N6O3S/c1-11(17(27)23-10-16(26)19-14-4-2-3-5-15(14)23)28-18-20-21-22-24(18)12-6-8-13(25)9-7-12/h2-9,11,25H,10H2,1H3,(H,19,26)/t11-/m0/s1. The van der Waals surface area contributed by atoms with E-state index in [9.17, 15) is 14.7 Å². The first kappa shape index (κ1) is 18.0. The molecule has 0 saturated heterocycles. The number of carbonyl (C=O) groups is 2. The molecule has 0 spiro atoms. The molecule has 0 saturated carbocycles. The van der Waals surface area contributed by atoms with Gasteiger partial charge in [-0.2, -0.15) is 4.68 Å². The summed E-state index contributed by atoms with van der Waals surface area (Å²) in [6.07, 6.45) is 0. The van der Waals surface area contributed by atoms with E-state index in [1.165, 1.54) is 33.5 Å². The van der Waals surface area contributed by atoms with E-state index in [4.69, 9.17) is 0 Å². The number of para-hydroxylation sites is 2. The van der Waals surface area contributed by atoms with Crippen molar-refractivity contribution < 1.29 is 14.7 Å². The number of nitrogens with zero attached hydrogens (tertiary/aromatic N) is 5. The lowest BCUT2D eigenvalue weighted by molar-refractivity contribution is -0.121. The molecule has 1 atom stereocenters. The van der Waals surface area contributed by atoms with E-state index in [-0.39, 0.29) is 24.1 Å². The summed E-state index contributed by atoms with van der Waals surface area (Å²) >= 11 is 1.19. The van der Waals surface area contributed by atoms with Crippen LogP contribution in [0.3, 0.4) is 0 Å². The molecule has 2 heterocycles. The molecule has 0 unspecified atom stereocenters. The van der Waals surface area contributed by atoms with Crippen molar-refractivity contribution in [2.75, 3.05) is 16.8 Å². The van der Waals surface area contributed by atoms with Crippen molar-refractivity contribution in [1.82, 2.24) is 20.2 Å². The molecule has 0 radical (unpaired) electrons. The SMILES string of the molecule is C[C@H](Sc1nnnn1-c1ccc(O)cc1)C(=O)N1CC(=O)Nc2ccccc21. The highest BCUT2D eigenvalue weighted by molar-refractivity contribution is 8.00. The van der Waals surface area contributed by atoms with Crippen LogP contribution in [0.15, 0.2) is 53.7 Å². The lowest BCUT2D eigenvalue weighted by Gasteiger charge is -2.30. The molecule has 0 aliphatic carbocycles. The lowest BCUT2D eigenvalue weighted by atomic mass is 10.2. The van der Waals surface area contributed by atoms with Crippen molar-refractivity contribution in [2.45, 2.75) is 17.3 Å². The third-order valence-electron chi connectivity index (χ3n) is 4.20. The van der Waals surface area contributed by atoms with Gasteiger partial charge >= 0.3 is 0 Å². The van der Waals surface area contributed by atoms with Gasteiger partial charge in [-0.15, -0.1) is 5.10 Å². The first-order valence-corrected chi connectivity index (χ1v) is 9.35. The summed E-state index contributed by atoms with van der Waals surface area (Å²) in [4.78, 5) is 26.5. The molecular weight excluding hydrogens is 380 g/mol. The fourth-order valence-corrected chi connectivity index (χ4v) is 3.74. The van der Waals surface area contributed by atoms with Crippen LogP contribution in [0, 0.1) is 0 Å². The fourth-order valence-electron chi connectivity index (χ4n) is 2.87. The number of anilines is 2. The number of aromatic nitrogens is 4. The molecule has 28 heavy (non-hydrogen) atoms. The molecule has 9 nitrogen and oxygen atoms in total. The predicted octanol–water partition coefficient (Wildman–Crippen LogP) is 1.83. The number of amides is 2. The minimum Gasteiger partial charge on any atom is -0.508 e. The Hall–Kier alpha value is -3.40. The number of phenolic OH excluding ortho intramolecular Hbond substituents is 1. The summed E-state index contributed by atoms with van der Waals surface area (Å²) in [6, 6.07) is 13.6. The molecule has 1 aliphatic rings.